The van der Waals surface area contributed by atoms with Gasteiger partial charge in [-0.25, -0.2) is 0 Å². The molecule has 2 N–H and O–H groups in total. The van der Waals surface area contributed by atoms with Crippen molar-refractivity contribution in [3.05, 3.63) is 69.8 Å². The standard InChI is InChI=1S/C19H19N3O4S/c1-3-26-16-9-5-14(6-10-16)7-11-18(23)21-19(27)20-15-8-4-13(2)17(12-15)22(24)25/h4-12H,3H2,1-2H3,(H2,20,21,23,27)/b11-7+. The van der Waals surface area contributed by atoms with Gasteiger partial charge in [-0.3, -0.25) is 20.2 Å². The van der Waals surface area contributed by atoms with Crippen molar-refractivity contribution < 1.29 is 14.5 Å². The minimum Gasteiger partial charge on any atom is -0.494 e. The van der Waals surface area contributed by atoms with Crippen LogP contribution in [0.4, 0.5) is 11.4 Å². The Morgan fingerprint density at radius 1 is 1.26 bits per heavy atom. The fourth-order valence-corrected chi connectivity index (χ4v) is 2.43. The lowest BCUT2D eigenvalue weighted by Gasteiger charge is -2.08. The molecule has 1 amide bonds. The zero-order valence-electron chi connectivity index (χ0n) is 14.9. The maximum atomic E-state index is 12.0. The topological polar surface area (TPSA) is 93.5 Å². The number of hydrogen-bond donors (Lipinski definition) is 2. The van der Waals surface area contributed by atoms with Crippen LogP contribution in [0.3, 0.4) is 0 Å². The molecule has 2 rings (SSSR count). The Hall–Kier alpha value is -3.26. The molecule has 8 heteroatoms. The zero-order chi connectivity index (χ0) is 19.8. The number of carbonyl (C=O) groups is 1. The van der Waals surface area contributed by atoms with Crippen molar-refractivity contribution in [2.75, 3.05) is 11.9 Å². The van der Waals surface area contributed by atoms with Crippen molar-refractivity contribution in [1.82, 2.24) is 5.32 Å². The summed E-state index contributed by atoms with van der Waals surface area (Å²) in [5.74, 6) is 0.347. The lowest BCUT2D eigenvalue weighted by atomic mass is 10.2. The van der Waals surface area contributed by atoms with Gasteiger partial charge in [-0.05, 0) is 55.9 Å². The van der Waals surface area contributed by atoms with Gasteiger partial charge < -0.3 is 10.1 Å². The number of carbonyl (C=O) groups excluding carboxylic acids is 1. The zero-order valence-corrected chi connectivity index (χ0v) is 15.7. The van der Waals surface area contributed by atoms with Crippen LogP contribution in [0, 0.1) is 17.0 Å². The van der Waals surface area contributed by atoms with Gasteiger partial charge in [0.2, 0.25) is 5.91 Å². The highest BCUT2D eigenvalue weighted by Gasteiger charge is 2.11. The molecule has 0 spiro atoms. The Bertz CT molecular complexity index is 879. The number of nitrogens with zero attached hydrogens (tertiary/aromatic N) is 1. The molecule has 27 heavy (non-hydrogen) atoms. The fourth-order valence-electron chi connectivity index (χ4n) is 2.21. The normalized spacial score (nSPS) is 10.4. The minimum atomic E-state index is -0.471. The Morgan fingerprint density at radius 2 is 1.96 bits per heavy atom. The molecule has 0 aliphatic heterocycles. The number of hydrogen-bond acceptors (Lipinski definition) is 5. The molecule has 2 aromatic carbocycles. The van der Waals surface area contributed by atoms with E-state index in [1.807, 2.05) is 31.2 Å². The molecular formula is C19H19N3O4S. The van der Waals surface area contributed by atoms with Crippen LogP contribution in [-0.4, -0.2) is 22.5 Å². The van der Waals surface area contributed by atoms with Crippen molar-refractivity contribution in [1.29, 1.82) is 0 Å². The van der Waals surface area contributed by atoms with Gasteiger partial charge in [0.05, 0.1) is 11.5 Å². The fraction of sp³-hybridized carbons (Fsp3) is 0.158. The summed E-state index contributed by atoms with van der Waals surface area (Å²) in [5.41, 5.74) is 1.78. The summed E-state index contributed by atoms with van der Waals surface area (Å²) >= 11 is 5.07. The van der Waals surface area contributed by atoms with Gasteiger partial charge in [-0.2, -0.15) is 0 Å². The van der Waals surface area contributed by atoms with E-state index >= 15 is 0 Å². The molecule has 0 aliphatic carbocycles. The maximum Gasteiger partial charge on any atom is 0.274 e. The van der Waals surface area contributed by atoms with E-state index in [1.54, 1.807) is 25.1 Å². The number of thiocarbonyl (C=S) groups is 1. The largest absolute Gasteiger partial charge is 0.494 e. The van der Waals surface area contributed by atoms with Crippen molar-refractivity contribution >= 4 is 40.7 Å². The molecule has 0 bridgehead atoms. The number of anilines is 1. The Kier molecular flexibility index (Phi) is 7.01. The van der Waals surface area contributed by atoms with E-state index in [9.17, 15) is 14.9 Å². The van der Waals surface area contributed by atoms with Crippen LogP contribution < -0.4 is 15.4 Å². The maximum absolute atomic E-state index is 12.0. The Labute approximate surface area is 162 Å². The molecule has 0 saturated carbocycles. The molecule has 0 aromatic heterocycles. The highest BCUT2D eigenvalue weighted by Crippen LogP contribution is 2.22. The molecule has 0 unspecified atom stereocenters. The first kappa shape index (κ1) is 20.1. The molecule has 140 valence electrons. The van der Waals surface area contributed by atoms with E-state index in [1.165, 1.54) is 12.1 Å². The summed E-state index contributed by atoms with van der Waals surface area (Å²) in [4.78, 5) is 22.5. The molecular weight excluding hydrogens is 366 g/mol. The molecule has 7 nitrogen and oxygen atoms in total. The van der Waals surface area contributed by atoms with Gasteiger partial charge >= 0.3 is 0 Å². The van der Waals surface area contributed by atoms with E-state index in [-0.39, 0.29) is 10.8 Å². The van der Waals surface area contributed by atoms with Gasteiger partial charge in [0.1, 0.15) is 5.75 Å². The smallest absolute Gasteiger partial charge is 0.274 e. The van der Waals surface area contributed by atoms with Crippen molar-refractivity contribution in [2.24, 2.45) is 0 Å². The number of nitro groups is 1. The van der Waals surface area contributed by atoms with Crippen molar-refractivity contribution in [3.8, 4) is 5.75 Å². The molecule has 0 atom stereocenters. The number of benzene rings is 2. The van der Waals surface area contributed by atoms with Crippen molar-refractivity contribution in [3.63, 3.8) is 0 Å². The second-order valence-corrected chi connectivity index (χ2v) is 5.95. The summed E-state index contributed by atoms with van der Waals surface area (Å²) < 4.78 is 5.36. The van der Waals surface area contributed by atoms with E-state index in [4.69, 9.17) is 17.0 Å². The SMILES string of the molecule is CCOc1ccc(/C=C/C(=O)NC(=S)Nc2ccc(C)c([N+](=O)[O-])c2)cc1. The van der Waals surface area contributed by atoms with Gasteiger partial charge in [-0.15, -0.1) is 0 Å². The van der Waals surface area contributed by atoms with Crippen LogP contribution in [0.25, 0.3) is 6.08 Å². The van der Waals surface area contributed by atoms with Gasteiger partial charge in [-0.1, -0.05) is 18.2 Å². The van der Waals surface area contributed by atoms with Crippen LogP contribution in [-0.2, 0) is 4.79 Å². The van der Waals surface area contributed by atoms with Crippen molar-refractivity contribution in [2.45, 2.75) is 13.8 Å². The van der Waals surface area contributed by atoms with Crippen LogP contribution in [0.5, 0.6) is 5.75 Å². The van der Waals surface area contributed by atoms with Gasteiger partial charge in [0, 0.05) is 23.4 Å². The minimum absolute atomic E-state index is 0.0236. The summed E-state index contributed by atoms with van der Waals surface area (Å²) in [6, 6.07) is 11.9. The van der Waals surface area contributed by atoms with E-state index < -0.39 is 10.8 Å². The molecule has 0 fully saturated rings. The van der Waals surface area contributed by atoms with E-state index in [0.29, 0.717) is 17.9 Å². The first-order valence-corrected chi connectivity index (χ1v) is 8.58. The number of nitro benzene ring substituents is 1. The lowest BCUT2D eigenvalue weighted by Crippen LogP contribution is -2.32. The summed E-state index contributed by atoms with van der Waals surface area (Å²) in [7, 11) is 0. The summed E-state index contributed by atoms with van der Waals surface area (Å²) in [6.07, 6.45) is 2.99. The van der Waals surface area contributed by atoms with Crippen LogP contribution in [0.1, 0.15) is 18.1 Å². The first-order valence-electron chi connectivity index (χ1n) is 8.17. The average Bonchev–Trinajstić information content (AvgIpc) is 2.62. The van der Waals surface area contributed by atoms with E-state index in [0.717, 1.165) is 11.3 Å². The molecule has 0 heterocycles. The predicted octanol–water partition coefficient (Wildman–Crippen LogP) is 3.83. The third-order valence-electron chi connectivity index (χ3n) is 3.52. The summed E-state index contributed by atoms with van der Waals surface area (Å²) in [6.45, 7) is 4.14. The average molecular weight is 385 g/mol. The third kappa shape index (κ3) is 6.19. The first-order chi connectivity index (χ1) is 12.9. The lowest BCUT2D eigenvalue weighted by molar-refractivity contribution is -0.385. The van der Waals surface area contributed by atoms with Gasteiger partial charge in [0.15, 0.2) is 5.11 Å². The quantitative estimate of drug-likeness (QED) is 0.340. The third-order valence-corrected chi connectivity index (χ3v) is 3.72. The van der Waals surface area contributed by atoms with E-state index in [2.05, 4.69) is 10.6 Å². The molecule has 0 aliphatic rings. The second-order valence-electron chi connectivity index (χ2n) is 5.54. The Morgan fingerprint density at radius 3 is 2.59 bits per heavy atom. The Balaban J connectivity index is 1.92. The number of aryl methyl sites for hydroxylation is 1. The highest BCUT2D eigenvalue weighted by molar-refractivity contribution is 7.80. The molecule has 0 radical (unpaired) electrons. The van der Waals surface area contributed by atoms with Gasteiger partial charge in [0.25, 0.3) is 5.69 Å². The number of ether oxygens (including phenoxy) is 1. The van der Waals surface area contributed by atoms with Crippen LogP contribution in [0.15, 0.2) is 48.5 Å². The predicted molar refractivity (Wildman–Crippen MR) is 109 cm³/mol. The number of nitrogens with one attached hydrogen (secondary N) is 2. The molecule has 0 saturated heterocycles. The number of amides is 1. The molecule has 2 aromatic rings. The van der Waals surface area contributed by atoms with Crippen LogP contribution in [0.2, 0.25) is 0 Å². The van der Waals surface area contributed by atoms with Crippen LogP contribution >= 0.6 is 12.2 Å². The number of rotatable bonds is 6. The monoisotopic (exact) mass is 385 g/mol. The summed E-state index contributed by atoms with van der Waals surface area (Å²) in [5, 5.41) is 16.3. The highest BCUT2D eigenvalue weighted by atomic mass is 32.1. The second kappa shape index (κ2) is 9.44.